The minimum absolute atomic E-state index is 0.0135. The smallest absolute Gasteiger partial charge is 0.337 e. The topological polar surface area (TPSA) is 62.2 Å². The van der Waals surface area contributed by atoms with Crippen molar-refractivity contribution in [2.24, 2.45) is 0 Å². The Morgan fingerprint density at radius 3 is 2.38 bits per heavy atom. The van der Waals surface area contributed by atoms with Gasteiger partial charge in [0.2, 0.25) is 0 Å². The lowest BCUT2D eigenvalue weighted by Gasteiger charge is -2.23. The average molecular weight is 284 g/mol. The summed E-state index contributed by atoms with van der Waals surface area (Å²) in [6, 6.07) is 11.3. The van der Waals surface area contributed by atoms with E-state index in [2.05, 4.69) is 37.1 Å². The molecule has 0 saturated carbocycles. The number of aryl methyl sites for hydroxylation is 1. The maximum absolute atomic E-state index is 11.0. The van der Waals surface area contributed by atoms with E-state index in [-0.39, 0.29) is 11.0 Å². The minimum atomic E-state index is -0.957. The summed E-state index contributed by atoms with van der Waals surface area (Å²) in [4.78, 5) is 15.3. The van der Waals surface area contributed by atoms with E-state index in [0.29, 0.717) is 11.5 Å². The fourth-order valence-electron chi connectivity index (χ4n) is 2.24. The molecule has 0 amide bonds. The number of aromatic carboxylic acids is 1. The molecule has 0 fully saturated rings. The average Bonchev–Trinajstić information content (AvgIpc) is 2.37. The molecule has 0 bridgehead atoms. The molecule has 110 valence electrons. The molecule has 4 heteroatoms. The second kappa shape index (κ2) is 5.56. The van der Waals surface area contributed by atoms with Crippen LogP contribution in [-0.2, 0) is 5.41 Å². The van der Waals surface area contributed by atoms with Gasteiger partial charge in [-0.1, -0.05) is 39.0 Å². The first-order valence-corrected chi connectivity index (χ1v) is 6.86. The van der Waals surface area contributed by atoms with Gasteiger partial charge < -0.3 is 10.4 Å². The van der Waals surface area contributed by atoms with Gasteiger partial charge >= 0.3 is 5.97 Å². The second-order valence-electron chi connectivity index (χ2n) is 6.06. The summed E-state index contributed by atoms with van der Waals surface area (Å²) in [7, 11) is 0. The molecule has 1 aromatic carbocycles. The SMILES string of the molecule is Cc1nc(Nc2ccccc2C(C)(C)C)ccc1C(=O)O. The Balaban J connectivity index is 2.35. The molecule has 21 heavy (non-hydrogen) atoms. The number of carboxylic acids is 1. The van der Waals surface area contributed by atoms with Gasteiger partial charge in [-0.15, -0.1) is 0 Å². The number of carboxylic acid groups (broad SMARTS) is 1. The number of benzene rings is 1. The van der Waals surface area contributed by atoms with Crippen molar-refractivity contribution >= 4 is 17.5 Å². The van der Waals surface area contributed by atoms with Gasteiger partial charge in [0.15, 0.2) is 0 Å². The number of hydrogen-bond donors (Lipinski definition) is 2. The first kappa shape index (κ1) is 15.0. The number of rotatable bonds is 3. The predicted octanol–water partition coefficient (Wildman–Crippen LogP) is 4.13. The highest BCUT2D eigenvalue weighted by molar-refractivity contribution is 5.89. The van der Waals surface area contributed by atoms with Crippen LogP contribution in [0.2, 0.25) is 0 Å². The first-order valence-electron chi connectivity index (χ1n) is 6.86. The second-order valence-corrected chi connectivity index (χ2v) is 6.06. The molecule has 0 spiro atoms. The summed E-state index contributed by atoms with van der Waals surface area (Å²) < 4.78 is 0. The van der Waals surface area contributed by atoms with E-state index in [1.54, 1.807) is 19.1 Å². The van der Waals surface area contributed by atoms with Crippen LogP contribution in [0.25, 0.3) is 0 Å². The van der Waals surface area contributed by atoms with Crippen molar-refractivity contribution in [1.82, 2.24) is 4.98 Å². The van der Waals surface area contributed by atoms with E-state index in [0.717, 1.165) is 5.69 Å². The monoisotopic (exact) mass is 284 g/mol. The molecule has 2 N–H and O–H groups in total. The fraction of sp³-hybridized carbons (Fsp3) is 0.294. The van der Waals surface area contributed by atoms with E-state index in [9.17, 15) is 4.79 Å². The highest BCUT2D eigenvalue weighted by Crippen LogP contribution is 2.30. The zero-order valence-corrected chi connectivity index (χ0v) is 12.8. The third kappa shape index (κ3) is 3.40. The Labute approximate surface area is 124 Å². The lowest BCUT2D eigenvalue weighted by Crippen LogP contribution is -2.14. The normalized spacial score (nSPS) is 11.2. The van der Waals surface area contributed by atoms with Crippen molar-refractivity contribution in [3.05, 3.63) is 53.2 Å². The maximum atomic E-state index is 11.0. The molecule has 0 unspecified atom stereocenters. The number of carbonyl (C=O) groups is 1. The minimum Gasteiger partial charge on any atom is -0.478 e. The molecule has 0 radical (unpaired) electrons. The van der Waals surface area contributed by atoms with E-state index < -0.39 is 5.97 Å². The fourth-order valence-corrected chi connectivity index (χ4v) is 2.24. The quantitative estimate of drug-likeness (QED) is 0.889. The van der Waals surface area contributed by atoms with Crippen LogP contribution >= 0.6 is 0 Å². The molecular formula is C17H20N2O2. The van der Waals surface area contributed by atoms with Crippen molar-refractivity contribution in [3.8, 4) is 0 Å². The largest absolute Gasteiger partial charge is 0.478 e. The molecule has 4 nitrogen and oxygen atoms in total. The molecule has 1 heterocycles. The predicted molar refractivity (Wildman–Crippen MR) is 84.4 cm³/mol. The highest BCUT2D eigenvalue weighted by Gasteiger charge is 2.18. The molecule has 0 saturated heterocycles. The van der Waals surface area contributed by atoms with Gasteiger partial charge in [-0.05, 0) is 36.1 Å². The van der Waals surface area contributed by atoms with Crippen LogP contribution in [-0.4, -0.2) is 16.1 Å². The van der Waals surface area contributed by atoms with Gasteiger partial charge in [-0.25, -0.2) is 9.78 Å². The Kier molecular flexibility index (Phi) is 3.98. The molecule has 2 aromatic rings. The molecule has 0 aliphatic carbocycles. The standard InChI is InChI=1S/C17H20N2O2/c1-11-12(16(20)21)9-10-15(18-11)19-14-8-6-5-7-13(14)17(2,3)4/h5-10H,1-4H3,(H,18,19)(H,20,21). The highest BCUT2D eigenvalue weighted by atomic mass is 16.4. The Morgan fingerprint density at radius 1 is 1.14 bits per heavy atom. The summed E-state index contributed by atoms with van der Waals surface area (Å²) in [5.74, 6) is -0.309. The van der Waals surface area contributed by atoms with Crippen molar-refractivity contribution < 1.29 is 9.90 Å². The van der Waals surface area contributed by atoms with Crippen LogP contribution in [0.15, 0.2) is 36.4 Å². The zero-order valence-electron chi connectivity index (χ0n) is 12.8. The van der Waals surface area contributed by atoms with Crippen LogP contribution < -0.4 is 5.32 Å². The van der Waals surface area contributed by atoms with Gasteiger partial charge in [-0.2, -0.15) is 0 Å². The van der Waals surface area contributed by atoms with Crippen LogP contribution in [0.5, 0.6) is 0 Å². The number of para-hydroxylation sites is 1. The van der Waals surface area contributed by atoms with Crippen molar-refractivity contribution in [1.29, 1.82) is 0 Å². The Bertz CT molecular complexity index is 673. The van der Waals surface area contributed by atoms with E-state index in [1.165, 1.54) is 5.56 Å². The van der Waals surface area contributed by atoms with E-state index >= 15 is 0 Å². The van der Waals surface area contributed by atoms with Crippen molar-refractivity contribution in [2.75, 3.05) is 5.32 Å². The summed E-state index contributed by atoms with van der Waals surface area (Å²) in [5.41, 5.74) is 2.91. The summed E-state index contributed by atoms with van der Waals surface area (Å²) in [6.07, 6.45) is 0. The number of nitrogens with one attached hydrogen (secondary N) is 1. The maximum Gasteiger partial charge on any atom is 0.337 e. The Morgan fingerprint density at radius 2 is 1.81 bits per heavy atom. The number of hydrogen-bond acceptors (Lipinski definition) is 3. The van der Waals surface area contributed by atoms with E-state index in [1.807, 2.05) is 18.2 Å². The molecule has 1 aromatic heterocycles. The lowest BCUT2D eigenvalue weighted by molar-refractivity contribution is 0.0695. The van der Waals surface area contributed by atoms with Crippen LogP contribution in [0.3, 0.4) is 0 Å². The number of aromatic nitrogens is 1. The van der Waals surface area contributed by atoms with Gasteiger partial charge in [0.1, 0.15) is 5.82 Å². The summed E-state index contributed by atoms with van der Waals surface area (Å²) >= 11 is 0. The van der Waals surface area contributed by atoms with E-state index in [4.69, 9.17) is 5.11 Å². The van der Waals surface area contributed by atoms with Crippen LogP contribution in [0.4, 0.5) is 11.5 Å². The molecule has 0 aliphatic heterocycles. The molecular weight excluding hydrogens is 264 g/mol. The van der Waals surface area contributed by atoms with Crippen LogP contribution in [0, 0.1) is 6.92 Å². The third-order valence-corrected chi connectivity index (χ3v) is 3.31. The first-order chi connectivity index (χ1) is 9.79. The van der Waals surface area contributed by atoms with Crippen LogP contribution in [0.1, 0.15) is 42.4 Å². The molecule has 0 aliphatic rings. The molecule has 2 rings (SSSR count). The van der Waals surface area contributed by atoms with Crippen molar-refractivity contribution in [3.63, 3.8) is 0 Å². The van der Waals surface area contributed by atoms with Gasteiger partial charge in [0.25, 0.3) is 0 Å². The molecule has 0 atom stereocenters. The number of nitrogens with zero attached hydrogens (tertiary/aromatic N) is 1. The van der Waals surface area contributed by atoms with Gasteiger partial charge in [-0.3, -0.25) is 0 Å². The Hall–Kier alpha value is -2.36. The number of anilines is 2. The summed E-state index contributed by atoms with van der Waals surface area (Å²) in [6.45, 7) is 8.16. The third-order valence-electron chi connectivity index (χ3n) is 3.31. The lowest BCUT2D eigenvalue weighted by atomic mass is 9.86. The zero-order chi connectivity index (χ0) is 15.6. The van der Waals surface area contributed by atoms with Gasteiger partial charge in [0, 0.05) is 5.69 Å². The summed E-state index contributed by atoms with van der Waals surface area (Å²) in [5, 5.41) is 12.3. The van der Waals surface area contributed by atoms with Crippen molar-refractivity contribution in [2.45, 2.75) is 33.1 Å². The number of pyridine rings is 1. The van der Waals surface area contributed by atoms with Gasteiger partial charge in [0.05, 0.1) is 11.3 Å².